The van der Waals surface area contributed by atoms with Gasteiger partial charge in [-0.3, -0.25) is 0 Å². The summed E-state index contributed by atoms with van der Waals surface area (Å²) in [6, 6.07) is 3.99. The Kier molecular flexibility index (Phi) is 2.67. The van der Waals surface area contributed by atoms with Crippen molar-refractivity contribution in [1.82, 2.24) is 0 Å². The van der Waals surface area contributed by atoms with E-state index in [0.717, 1.165) is 21.5 Å². The molecule has 15 heavy (non-hydrogen) atoms. The maximum Gasteiger partial charge on any atom is 0.162 e. The first-order valence-corrected chi connectivity index (χ1v) is 5.83. The molecule has 3 heteroatoms. The highest BCUT2D eigenvalue weighted by Gasteiger charge is 2.25. The van der Waals surface area contributed by atoms with Crippen molar-refractivity contribution in [3.05, 3.63) is 22.2 Å². The zero-order valence-corrected chi connectivity index (χ0v) is 10.8. The summed E-state index contributed by atoms with van der Waals surface area (Å²) in [5.41, 5.74) is 1.23. The quantitative estimate of drug-likeness (QED) is 0.718. The molecule has 0 saturated heterocycles. The first kappa shape index (κ1) is 10.8. The van der Waals surface area contributed by atoms with E-state index in [1.165, 1.54) is 0 Å². The second-order valence-electron chi connectivity index (χ2n) is 4.79. The van der Waals surface area contributed by atoms with Crippen molar-refractivity contribution in [2.24, 2.45) is 5.41 Å². The van der Waals surface area contributed by atoms with Crippen LogP contribution in [-0.2, 0) is 0 Å². The predicted molar refractivity (Wildman–Crippen MR) is 63.7 cm³/mol. The molecule has 2 nitrogen and oxygen atoms in total. The summed E-state index contributed by atoms with van der Waals surface area (Å²) in [7, 11) is 0. The van der Waals surface area contributed by atoms with Crippen LogP contribution in [0.1, 0.15) is 19.4 Å². The molecule has 1 heterocycles. The SMILES string of the molecule is Cc1cc2c(cc1Br)OCC(C)(C)CO2. The standard InChI is InChI=1S/C12H15BrO2/c1-8-4-10-11(5-9(8)13)15-7-12(2,3)6-14-10/h4-5H,6-7H2,1-3H3. The van der Waals surface area contributed by atoms with E-state index in [9.17, 15) is 0 Å². The number of halogens is 1. The van der Waals surface area contributed by atoms with Crippen LogP contribution < -0.4 is 9.47 Å². The van der Waals surface area contributed by atoms with Crippen LogP contribution in [0.5, 0.6) is 11.5 Å². The monoisotopic (exact) mass is 270 g/mol. The van der Waals surface area contributed by atoms with Gasteiger partial charge < -0.3 is 9.47 Å². The highest BCUT2D eigenvalue weighted by Crippen LogP contribution is 2.37. The van der Waals surface area contributed by atoms with Crippen molar-refractivity contribution in [2.75, 3.05) is 13.2 Å². The second-order valence-corrected chi connectivity index (χ2v) is 5.64. The van der Waals surface area contributed by atoms with Gasteiger partial charge in [-0.15, -0.1) is 0 Å². The van der Waals surface area contributed by atoms with E-state index in [1.54, 1.807) is 0 Å². The zero-order valence-electron chi connectivity index (χ0n) is 9.26. The molecule has 1 aromatic rings. The summed E-state index contributed by atoms with van der Waals surface area (Å²) >= 11 is 3.49. The molecule has 2 rings (SSSR count). The highest BCUT2D eigenvalue weighted by molar-refractivity contribution is 9.10. The Labute approximate surface area is 98.7 Å². The fourth-order valence-electron chi connectivity index (χ4n) is 1.45. The molecule has 0 saturated carbocycles. The molecule has 1 aromatic carbocycles. The van der Waals surface area contributed by atoms with Gasteiger partial charge in [0.05, 0.1) is 13.2 Å². The minimum Gasteiger partial charge on any atom is -0.489 e. The maximum atomic E-state index is 5.75. The van der Waals surface area contributed by atoms with Crippen molar-refractivity contribution in [2.45, 2.75) is 20.8 Å². The van der Waals surface area contributed by atoms with Gasteiger partial charge in [-0.05, 0) is 24.6 Å². The molecule has 0 bridgehead atoms. The molecule has 0 atom stereocenters. The number of hydrogen-bond donors (Lipinski definition) is 0. The fraction of sp³-hybridized carbons (Fsp3) is 0.500. The summed E-state index contributed by atoms with van der Waals surface area (Å²) < 4.78 is 12.6. The summed E-state index contributed by atoms with van der Waals surface area (Å²) in [5.74, 6) is 1.68. The Morgan fingerprint density at radius 2 is 1.67 bits per heavy atom. The summed E-state index contributed by atoms with van der Waals surface area (Å²) in [6.07, 6.45) is 0. The van der Waals surface area contributed by atoms with E-state index in [1.807, 2.05) is 19.1 Å². The lowest BCUT2D eigenvalue weighted by atomic mass is 9.97. The van der Waals surface area contributed by atoms with Gasteiger partial charge in [0.1, 0.15) is 0 Å². The Bertz CT molecular complexity index is 350. The molecule has 0 aliphatic carbocycles. The van der Waals surface area contributed by atoms with Crippen LogP contribution in [0, 0.1) is 12.3 Å². The normalized spacial score (nSPS) is 18.4. The lowest BCUT2D eigenvalue weighted by Crippen LogP contribution is -2.26. The maximum absolute atomic E-state index is 5.75. The number of ether oxygens (including phenoxy) is 2. The van der Waals surface area contributed by atoms with Gasteiger partial charge in [0.25, 0.3) is 0 Å². The number of benzene rings is 1. The van der Waals surface area contributed by atoms with Crippen molar-refractivity contribution in [3.63, 3.8) is 0 Å². The first-order valence-electron chi connectivity index (χ1n) is 5.04. The number of hydrogen-bond acceptors (Lipinski definition) is 2. The molecule has 0 unspecified atom stereocenters. The second kappa shape index (κ2) is 3.71. The van der Waals surface area contributed by atoms with E-state index in [4.69, 9.17) is 9.47 Å². The molecule has 1 aliphatic rings. The molecule has 0 amide bonds. The summed E-state index contributed by atoms with van der Waals surface area (Å²) in [6.45, 7) is 7.71. The van der Waals surface area contributed by atoms with Crippen LogP contribution in [0.2, 0.25) is 0 Å². The molecule has 0 aromatic heterocycles. The minimum absolute atomic E-state index is 0.0689. The van der Waals surface area contributed by atoms with Gasteiger partial charge in [-0.2, -0.15) is 0 Å². The van der Waals surface area contributed by atoms with Crippen molar-refractivity contribution >= 4 is 15.9 Å². The fourth-order valence-corrected chi connectivity index (χ4v) is 1.77. The van der Waals surface area contributed by atoms with Crippen LogP contribution in [-0.4, -0.2) is 13.2 Å². The molecular weight excluding hydrogens is 256 g/mol. The van der Waals surface area contributed by atoms with Gasteiger partial charge in [0.2, 0.25) is 0 Å². The largest absolute Gasteiger partial charge is 0.489 e. The van der Waals surface area contributed by atoms with E-state index < -0.39 is 0 Å². The minimum atomic E-state index is 0.0689. The Morgan fingerprint density at radius 3 is 2.27 bits per heavy atom. The van der Waals surface area contributed by atoms with E-state index in [2.05, 4.69) is 29.8 Å². The number of rotatable bonds is 0. The van der Waals surface area contributed by atoms with Crippen LogP contribution in [0.15, 0.2) is 16.6 Å². The Balaban J connectivity index is 2.36. The third kappa shape index (κ3) is 2.28. The molecule has 82 valence electrons. The topological polar surface area (TPSA) is 18.5 Å². The average molecular weight is 271 g/mol. The van der Waals surface area contributed by atoms with E-state index in [-0.39, 0.29) is 5.41 Å². The molecule has 1 aliphatic heterocycles. The highest BCUT2D eigenvalue weighted by atomic mass is 79.9. The number of aryl methyl sites for hydroxylation is 1. The zero-order chi connectivity index (χ0) is 11.1. The Morgan fingerprint density at radius 1 is 1.13 bits per heavy atom. The van der Waals surface area contributed by atoms with Gasteiger partial charge in [-0.25, -0.2) is 0 Å². The smallest absolute Gasteiger partial charge is 0.162 e. The van der Waals surface area contributed by atoms with Gasteiger partial charge in [0.15, 0.2) is 11.5 Å². The van der Waals surface area contributed by atoms with Crippen LogP contribution in [0.25, 0.3) is 0 Å². The Hall–Kier alpha value is -0.700. The van der Waals surface area contributed by atoms with Gasteiger partial charge >= 0.3 is 0 Å². The molecule has 0 fully saturated rings. The van der Waals surface area contributed by atoms with Crippen LogP contribution in [0.3, 0.4) is 0 Å². The molecule has 0 radical (unpaired) electrons. The summed E-state index contributed by atoms with van der Waals surface area (Å²) in [4.78, 5) is 0. The van der Waals surface area contributed by atoms with Crippen molar-refractivity contribution in [3.8, 4) is 11.5 Å². The predicted octanol–water partition coefficient (Wildman–Crippen LogP) is 3.55. The number of fused-ring (bicyclic) bond motifs is 1. The summed E-state index contributed by atoms with van der Waals surface area (Å²) in [5, 5.41) is 0. The van der Waals surface area contributed by atoms with Crippen LogP contribution >= 0.6 is 15.9 Å². The third-order valence-corrected chi connectivity index (χ3v) is 3.32. The molecular formula is C12H15BrO2. The lowest BCUT2D eigenvalue weighted by molar-refractivity contribution is 0.140. The van der Waals surface area contributed by atoms with E-state index in [0.29, 0.717) is 13.2 Å². The van der Waals surface area contributed by atoms with Gasteiger partial charge in [-0.1, -0.05) is 29.8 Å². The van der Waals surface area contributed by atoms with Crippen LogP contribution in [0.4, 0.5) is 0 Å². The van der Waals surface area contributed by atoms with Crippen molar-refractivity contribution < 1.29 is 9.47 Å². The lowest BCUT2D eigenvalue weighted by Gasteiger charge is -2.19. The third-order valence-electron chi connectivity index (χ3n) is 2.46. The average Bonchev–Trinajstić information content (AvgIpc) is 2.29. The van der Waals surface area contributed by atoms with E-state index >= 15 is 0 Å². The van der Waals surface area contributed by atoms with Crippen molar-refractivity contribution in [1.29, 1.82) is 0 Å². The van der Waals surface area contributed by atoms with Gasteiger partial charge in [0, 0.05) is 9.89 Å². The first-order chi connectivity index (χ1) is 6.98. The molecule has 0 N–H and O–H groups in total. The molecule has 0 spiro atoms.